The van der Waals surface area contributed by atoms with E-state index in [1.165, 1.54) is 6.07 Å². The minimum Gasteiger partial charge on any atom is -0.507 e. The number of hydrogen-bond donors (Lipinski definition) is 3. The summed E-state index contributed by atoms with van der Waals surface area (Å²) in [5, 5.41) is 12.4. The molecule has 1 unspecified atom stereocenters. The number of aromatic amines is 1. The summed E-state index contributed by atoms with van der Waals surface area (Å²) in [6, 6.07) is 4.48. The Morgan fingerprint density at radius 2 is 2.33 bits per heavy atom. The molecule has 3 N–H and O–H groups in total. The lowest BCUT2D eigenvalue weighted by molar-refractivity contribution is 0.0935. The van der Waals surface area contributed by atoms with Crippen LogP contribution in [0.5, 0.6) is 5.75 Å². The molecular weight excluding hydrogens is 298 g/mol. The van der Waals surface area contributed by atoms with Gasteiger partial charge in [-0.1, -0.05) is 15.9 Å². The monoisotopic (exact) mass is 309 g/mol. The van der Waals surface area contributed by atoms with Crippen LogP contribution in [0.15, 0.2) is 35.1 Å². The molecule has 0 radical (unpaired) electrons. The summed E-state index contributed by atoms with van der Waals surface area (Å²) in [5.41, 5.74) is 0.233. The van der Waals surface area contributed by atoms with Crippen molar-refractivity contribution in [1.82, 2.24) is 15.3 Å². The zero-order valence-electron chi connectivity index (χ0n) is 9.64. The van der Waals surface area contributed by atoms with Gasteiger partial charge in [0.05, 0.1) is 11.6 Å². The number of rotatable bonds is 3. The smallest absolute Gasteiger partial charge is 0.255 e. The van der Waals surface area contributed by atoms with E-state index in [9.17, 15) is 9.90 Å². The fourth-order valence-corrected chi connectivity index (χ4v) is 1.90. The number of benzene rings is 1. The topological polar surface area (TPSA) is 78.0 Å². The van der Waals surface area contributed by atoms with Gasteiger partial charge in [0.15, 0.2) is 0 Å². The lowest BCUT2D eigenvalue weighted by Gasteiger charge is -2.12. The molecule has 0 saturated carbocycles. The average molecular weight is 310 g/mol. The fourth-order valence-electron chi connectivity index (χ4n) is 1.55. The van der Waals surface area contributed by atoms with Crippen LogP contribution in [0, 0.1) is 0 Å². The van der Waals surface area contributed by atoms with Crippen molar-refractivity contribution in [2.45, 2.75) is 13.0 Å². The maximum atomic E-state index is 12.0. The highest BCUT2D eigenvalue weighted by molar-refractivity contribution is 9.10. The molecule has 2 aromatic rings. The van der Waals surface area contributed by atoms with E-state index in [1.807, 2.05) is 6.92 Å². The third kappa shape index (κ3) is 2.70. The first-order chi connectivity index (χ1) is 8.58. The van der Waals surface area contributed by atoms with Gasteiger partial charge in [-0.25, -0.2) is 4.98 Å². The predicted octanol–water partition coefficient (Wildman–Crippen LogP) is 2.37. The highest BCUT2D eigenvalue weighted by Crippen LogP contribution is 2.22. The molecule has 0 bridgehead atoms. The van der Waals surface area contributed by atoms with Crippen LogP contribution < -0.4 is 5.32 Å². The number of halogens is 1. The van der Waals surface area contributed by atoms with Crippen LogP contribution in [0.3, 0.4) is 0 Å². The van der Waals surface area contributed by atoms with Crippen LogP contribution in [-0.2, 0) is 0 Å². The van der Waals surface area contributed by atoms with Crippen molar-refractivity contribution in [3.05, 3.63) is 46.5 Å². The molecule has 18 heavy (non-hydrogen) atoms. The SMILES string of the molecule is CC(NC(=O)c1ccc(Br)cc1O)c1ncc[nH]1. The number of imidazole rings is 1. The Morgan fingerprint density at radius 1 is 1.56 bits per heavy atom. The molecule has 94 valence electrons. The van der Waals surface area contributed by atoms with Gasteiger partial charge < -0.3 is 15.4 Å². The molecule has 1 heterocycles. The highest BCUT2D eigenvalue weighted by atomic mass is 79.9. The van der Waals surface area contributed by atoms with Crippen molar-refractivity contribution in [1.29, 1.82) is 0 Å². The Hall–Kier alpha value is -1.82. The van der Waals surface area contributed by atoms with E-state index < -0.39 is 0 Å². The van der Waals surface area contributed by atoms with Crippen molar-refractivity contribution in [2.24, 2.45) is 0 Å². The molecule has 1 aromatic heterocycles. The molecule has 0 saturated heterocycles. The van der Waals surface area contributed by atoms with Crippen molar-refractivity contribution in [3.8, 4) is 5.75 Å². The number of phenols is 1. The first kappa shape index (κ1) is 12.6. The molecule has 5 nitrogen and oxygen atoms in total. The van der Waals surface area contributed by atoms with Gasteiger partial charge >= 0.3 is 0 Å². The van der Waals surface area contributed by atoms with Gasteiger partial charge in [0.1, 0.15) is 11.6 Å². The molecule has 1 aromatic carbocycles. The average Bonchev–Trinajstić information content (AvgIpc) is 2.81. The highest BCUT2D eigenvalue weighted by Gasteiger charge is 2.15. The van der Waals surface area contributed by atoms with Gasteiger partial charge in [0, 0.05) is 16.9 Å². The van der Waals surface area contributed by atoms with E-state index >= 15 is 0 Å². The summed E-state index contributed by atoms with van der Waals surface area (Å²) in [7, 11) is 0. The van der Waals surface area contributed by atoms with Gasteiger partial charge in [0.2, 0.25) is 0 Å². The zero-order valence-corrected chi connectivity index (χ0v) is 11.2. The van der Waals surface area contributed by atoms with E-state index in [0.29, 0.717) is 5.82 Å². The molecule has 0 aliphatic rings. The molecule has 0 fully saturated rings. The van der Waals surface area contributed by atoms with Gasteiger partial charge in [-0.2, -0.15) is 0 Å². The third-order valence-electron chi connectivity index (χ3n) is 2.48. The second-order valence-corrected chi connectivity index (χ2v) is 4.75. The summed E-state index contributed by atoms with van der Waals surface area (Å²) in [5.74, 6) is 0.261. The minimum atomic E-state index is -0.344. The zero-order chi connectivity index (χ0) is 13.1. The fraction of sp³-hybridized carbons (Fsp3) is 0.167. The number of aromatic nitrogens is 2. The van der Waals surface area contributed by atoms with Gasteiger partial charge in [-0.05, 0) is 25.1 Å². The van der Waals surface area contributed by atoms with E-state index in [1.54, 1.807) is 24.5 Å². The Labute approximate surface area is 112 Å². The maximum Gasteiger partial charge on any atom is 0.255 e. The summed E-state index contributed by atoms with van der Waals surface area (Å²) < 4.78 is 0.718. The normalized spacial score (nSPS) is 12.1. The molecule has 1 amide bonds. The second kappa shape index (κ2) is 5.22. The summed E-state index contributed by atoms with van der Waals surface area (Å²) in [4.78, 5) is 18.9. The molecule has 2 rings (SSSR count). The Kier molecular flexibility index (Phi) is 3.66. The summed E-state index contributed by atoms with van der Waals surface area (Å²) in [6.07, 6.45) is 3.31. The lowest BCUT2D eigenvalue weighted by Crippen LogP contribution is -2.27. The van der Waals surface area contributed by atoms with Crippen molar-refractivity contribution in [3.63, 3.8) is 0 Å². The van der Waals surface area contributed by atoms with Gasteiger partial charge in [0.25, 0.3) is 5.91 Å². The van der Waals surface area contributed by atoms with Crippen LogP contribution in [0.4, 0.5) is 0 Å². The number of aromatic hydroxyl groups is 1. The van der Waals surface area contributed by atoms with Crippen LogP contribution in [-0.4, -0.2) is 21.0 Å². The largest absolute Gasteiger partial charge is 0.507 e. The number of H-pyrrole nitrogens is 1. The number of hydrogen-bond acceptors (Lipinski definition) is 3. The molecule has 1 atom stereocenters. The summed E-state index contributed by atoms with van der Waals surface area (Å²) >= 11 is 3.22. The number of nitrogens with zero attached hydrogens (tertiary/aromatic N) is 1. The molecular formula is C12H12BrN3O2. The maximum absolute atomic E-state index is 12.0. The Morgan fingerprint density at radius 3 is 2.94 bits per heavy atom. The Balaban J connectivity index is 2.12. The number of phenolic OH excluding ortho intramolecular Hbond substituents is 1. The lowest BCUT2D eigenvalue weighted by atomic mass is 10.1. The predicted molar refractivity (Wildman–Crippen MR) is 70.3 cm³/mol. The number of amides is 1. The first-order valence-corrected chi connectivity index (χ1v) is 6.16. The number of carbonyl (C=O) groups excluding carboxylic acids is 1. The van der Waals surface area contributed by atoms with Crippen molar-refractivity contribution >= 4 is 21.8 Å². The molecule has 0 aliphatic carbocycles. The first-order valence-electron chi connectivity index (χ1n) is 5.36. The molecule has 0 aliphatic heterocycles. The second-order valence-electron chi connectivity index (χ2n) is 3.83. The van der Waals surface area contributed by atoms with Crippen LogP contribution in [0.25, 0.3) is 0 Å². The standard InChI is InChI=1S/C12H12BrN3O2/c1-7(11-14-4-5-15-11)16-12(18)9-3-2-8(13)6-10(9)17/h2-7,17H,1H3,(H,14,15)(H,16,18). The van der Waals surface area contributed by atoms with Crippen LogP contribution in [0.1, 0.15) is 29.1 Å². The summed E-state index contributed by atoms with van der Waals surface area (Å²) in [6.45, 7) is 1.81. The van der Waals surface area contributed by atoms with E-state index in [4.69, 9.17) is 0 Å². The molecule has 0 spiro atoms. The minimum absolute atomic E-state index is 0.0616. The van der Waals surface area contributed by atoms with Gasteiger partial charge in [-0.15, -0.1) is 0 Å². The van der Waals surface area contributed by atoms with Crippen molar-refractivity contribution < 1.29 is 9.90 Å². The van der Waals surface area contributed by atoms with E-state index in [-0.39, 0.29) is 23.3 Å². The van der Waals surface area contributed by atoms with Crippen LogP contribution >= 0.6 is 15.9 Å². The van der Waals surface area contributed by atoms with E-state index in [0.717, 1.165) is 4.47 Å². The molecule has 6 heteroatoms. The van der Waals surface area contributed by atoms with E-state index in [2.05, 4.69) is 31.2 Å². The third-order valence-corrected chi connectivity index (χ3v) is 2.97. The van der Waals surface area contributed by atoms with Gasteiger partial charge in [-0.3, -0.25) is 4.79 Å². The number of carbonyl (C=O) groups is 1. The van der Waals surface area contributed by atoms with Crippen molar-refractivity contribution in [2.75, 3.05) is 0 Å². The van der Waals surface area contributed by atoms with Crippen LogP contribution in [0.2, 0.25) is 0 Å². The quantitative estimate of drug-likeness (QED) is 0.814. The number of nitrogens with one attached hydrogen (secondary N) is 2. The Bertz CT molecular complexity index is 554.